The number of benzene rings is 1. The van der Waals surface area contributed by atoms with E-state index in [0.717, 1.165) is 30.2 Å². The molecule has 1 fully saturated rings. The molecule has 6 heteroatoms. The van der Waals surface area contributed by atoms with Gasteiger partial charge < -0.3 is 9.30 Å². The SMILES string of the molecule is CCC(CC)C(c1ccc2nc(OCC3CCCCC3)sc2c1)n1cnnc1. The lowest BCUT2D eigenvalue weighted by atomic mass is 9.88. The molecule has 5 nitrogen and oxygen atoms in total. The van der Waals surface area contributed by atoms with Crippen molar-refractivity contribution in [2.45, 2.75) is 64.8 Å². The first kappa shape index (κ1) is 19.4. The molecule has 0 amide bonds. The molecule has 1 aromatic carbocycles. The Morgan fingerprint density at radius 1 is 1.11 bits per heavy atom. The summed E-state index contributed by atoms with van der Waals surface area (Å²) >= 11 is 1.67. The summed E-state index contributed by atoms with van der Waals surface area (Å²) in [6, 6.07) is 6.87. The monoisotopic (exact) mass is 398 g/mol. The van der Waals surface area contributed by atoms with Crippen molar-refractivity contribution in [1.82, 2.24) is 19.7 Å². The van der Waals surface area contributed by atoms with Gasteiger partial charge in [-0.05, 0) is 42.4 Å². The maximum absolute atomic E-state index is 6.08. The number of aromatic nitrogens is 4. The van der Waals surface area contributed by atoms with Crippen LogP contribution < -0.4 is 4.74 Å². The second-order valence-corrected chi connectivity index (χ2v) is 8.95. The summed E-state index contributed by atoms with van der Waals surface area (Å²) in [6.07, 6.45) is 12.6. The van der Waals surface area contributed by atoms with Gasteiger partial charge in [0.15, 0.2) is 0 Å². The minimum Gasteiger partial charge on any atom is -0.470 e. The summed E-state index contributed by atoms with van der Waals surface area (Å²) in [4.78, 5) is 4.71. The lowest BCUT2D eigenvalue weighted by Gasteiger charge is -2.26. The Morgan fingerprint density at radius 2 is 1.86 bits per heavy atom. The predicted octanol–water partition coefficient (Wildman–Crippen LogP) is 5.87. The van der Waals surface area contributed by atoms with Crippen molar-refractivity contribution in [3.63, 3.8) is 0 Å². The first-order valence-electron chi connectivity index (χ1n) is 10.7. The van der Waals surface area contributed by atoms with Gasteiger partial charge >= 0.3 is 0 Å². The zero-order valence-corrected chi connectivity index (χ0v) is 17.7. The molecule has 3 aromatic rings. The van der Waals surface area contributed by atoms with Crippen LogP contribution in [0.15, 0.2) is 30.9 Å². The normalized spacial score (nSPS) is 16.7. The van der Waals surface area contributed by atoms with Crippen molar-refractivity contribution in [3.05, 3.63) is 36.4 Å². The van der Waals surface area contributed by atoms with Gasteiger partial charge in [-0.3, -0.25) is 0 Å². The number of hydrogen-bond acceptors (Lipinski definition) is 5. The molecular formula is C22H30N4OS. The number of thiazole rings is 1. The molecule has 4 rings (SSSR count). The third-order valence-corrected chi connectivity index (χ3v) is 7.09. The van der Waals surface area contributed by atoms with E-state index in [1.54, 1.807) is 11.3 Å². The van der Waals surface area contributed by atoms with Gasteiger partial charge in [0.05, 0.1) is 22.9 Å². The van der Waals surface area contributed by atoms with Crippen molar-refractivity contribution in [1.29, 1.82) is 0 Å². The predicted molar refractivity (Wildman–Crippen MR) is 114 cm³/mol. The fourth-order valence-corrected chi connectivity index (χ4v) is 5.36. The molecule has 1 aliphatic carbocycles. The molecule has 0 spiro atoms. The van der Waals surface area contributed by atoms with Crippen LogP contribution in [0.2, 0.25) is 0 Å². The number of hydrogen-bond donors (Lipinski definition) is 0. The molecule has 0 N–H and O–H groups in total. The van der Waals surface area contributed by atoms with Gasteiger partial charge in [-0.1, -0.05) is 63.4 Å². The number of nitrogens with zero attached hydrogens (tertiary/aromatic N) is 4. The highest BCUT2D eigenvalue weighted by atomic mass is 32.1. The third-order valence-electron chi connectivity index (χ3n) is 6.15. The van der Waals surface area contributed by atoms with E-state index in [0.29, 0.717) is 11.8 Å². The van der Waals surface area contributed by atoms with E-state index in [-0.39, 0.29) is 6.04 Å². The van der Waals surface area contributed by atoms with Gasteiger partial charge in [-0.15, -0.1) is 10.2 Å². The molecule has 2 aromatic heterocycles. The van der Waals surface area contributed by atoms with Gasteiger partial charge in [0.1, 0.15) is 12.7 Å². The third kappa shape index (κ3) is 4.22. The smallest absolute Gasteiger partial charge is 0.274 e. The number of rotatable bonds is 8. The highest BCUT2D eigenvalue weighted by Gasteiger charge is 2.23. The van der Waals surface area contributed by atoms with E-state index < -0.39 is 0 Å². The molecule has 0 bridgehead atoms. The topological polar surface area (TPSA) is 52.8 Å². The van der Waals surface area contributed by atoms with Gasteiger partial charge in [-0.25, -0.2) is 4.98 Å². The van der Waals surface area contributed by atoms with Crippen molar-refractivity contribution in [3.8, 4) is 5.19 Å². The molecule has 1 saturated carbocycles. The zero-order valence-electron chi connectivity index (χ0n) is 16.9. The van der Waals surface area contributed by atoms with E-state index in [9.17, 15) is 0 Å². The van der Waals surface area contributed by atoms with Crippen molar-refractivity contribution >= 4 is 21.6 Å². The second kappa shape index (κ2) is 9.03. The maximum atomic E-state index is 6.08. The first-order valence-corrected chi connectivity index (χ1v) is 11.5. The lowest BCUT2D eigenvalue weighted by molar-refractivity contribution is 0.208. The average molecular weight is 399 g/mol. The fourth-order valence-electron chi connectivity index (χ4n) is 4.48. The summed E-state index contributed by atoms with van der Waals surface area (Å²) in [5.41, 5.74) is 2.32. The van der Waals surface area contributed by atoms with E-state index >= 15 is 0 Å². The molecule has 0 saturated heterocycles. The molecular weight excluding hydrogens is 368 g/mol. The Balaban J connectivity index is 1.55. The van der Waals surface area contributed by atoms with E-state index in [4.69, 9.17) is 9.72 Å². The minimum atomic E-state index is 0.253. The van der Waals surface area contributed by atoms with Crippen LogP contribution in [0, 0.1) is 11.8 Å². The first-order chi connectivity index (χ1) is 13.8. The Kier molecular flexibility index (Phi) is 6.25. The van der Waals surface area contributed by atoms with Crippen molar-refractivity contribution < 1.29 is 4.74 Å². The Bertz CT molecular complexity index is 866. The molecule has 28 heavy (non-hydrogen) atoms. The highest BCUT2D eigenvalue weighted by Crippen LogP contribution is 2.36. The molecule has 0 radical (unpaired) electrons. The molecule has 1 aliphatic rings. The van der Waals surface area contributed by atoms with Crippen LogP contribution in [0.5, 0.6) is 5.19 Å². The zero-order chi connectivity index (χ0) is 19.3. The van der Waals surface area contributed by atoms with Crippen LogP contribution in [-0.4, -0.2) is 26.4 Å². The molecule has 150 valence electrons. The Hall–Kier alpha value is -1.95. The molecule has 2 heterocycles. The highest BCUT2D eigenvalue weighted by molar-refractivity contribution is 7.20. The van der Waals surface area contributed by atoms with E-state index in [1.165, 1.54) is 42.4 Å². The molecule has 0 aliphatic heterocycles. The van der Waals surface area contributed by atoms with Gasteiger partial charge in [0, 0.05) is 0 Å². The van der Waals surface area contributed by atoms with Gasteiger partial charge in [-0.2, -0.15) is 0 Å². The summed E-state index contributed by atoms with van der Waals surface area (Å²) in [5, 5.41) is 8.88. The molecule has 1 atom stereocenters. The lowest BCUT2D eigenvalue weighted by Crippen LogP contribution is -2.19. The van der Waals surface area contributed by atoms with Crippen LogP contribution in [0.3, 0.4) is 0 Å². The summed E-state index contributed by atoms with van der Waals surface area (Å²) in [6.45, 7) is 5.33. The van der Waals surface area contributed by atoms with Crippen molar-refractivity contribution in [2.24, 2.45) is 11.8 Å². The summed E-state index contributed by atoms with van der Waals surface area (Å²) < 4.78 is 9.41. The number of ether oxygens (including phenoxy) is 1. The van der Waals surface area contributed by atoms with Crippen LogP contribution in [0.1, 0.15) is 70.4 Å². The Labute approximate surface area is 171 Å². The average Bonchev–Trinajstić information content (AvgIpc) is 3.40. The van der Waals surface area contributed by atoms with Crippen LogP contribution in [0.25, 0.3) is 10.2 Å². The van der Waals surface area contributed by atoms with Gasteiger partial charge in [0.25, 0.3) is 5.19 Å². The summed E-state index contributed by atoms with van der Waals surface area (Å²) in [7, 11) is 0. The van der Waals surface area contributed by atoms with E-state index in [1.807, 2.05) is 12.7 Å². The van der Waals surface area contributed by atoms with Crippen LogP contribution in [0.4, 0.5) is 0 Å². The van der Waals surface area contributed by atoms with Crippen molar-refractivity contribution in [2.75, 3.05) is 6.61 Å². The minimum absolute atomic E-state index is 0.253. The second-order valence-electron chi connectivity index (χ2n) is 7.95. The number of fused-ring (bicyclic) bond motifs is 1. The molecule has 1 unspecified atom stereocenters. The Morgan fingerprint density at radius 3 is 2.57 bits per heavy atom. The van der Waals surface area contributed by atoms with Crippen LogP contribution >= 0.6 is 11.3 Å². The van der Waals surface area contributed by atoms with Gasteiger partial charge in [0.2, 0.25) is 0 Å². The summed E-state index contributed by atoms with van der Waals surface area (Å²) in [5.74, 6) is 1.24. The standard InChI is InChI=1S/C22H30N4OS/c1-3-17(4-2)21(26-14-23-24-15-26)18-10-11-19-20(12-18)28-22(25-19)27-13-16-8-6-5-7-9-16/h10-12,14-17,21H,3-9,13H2,1-2H3. The van der Waals surface area contributed by atoms with E-state index in [2.05, 4.69) is 46.8 Å². The van der Waals surface area contributed by atoms with Crippen LogP contribution in [-0.2, 0) is 0 Å². The fraction of sp³-hybridized carbons (Fsp3) is 0.591. The maximum Gasteiger partial charge on any atom is 0.274 e. The quantitative estimate of drug-likeness (QED) is 0.476. The largest absolute Gasteiger partial charge is 0.470 e.